The van der Waals surface area contributed by atoms with Crippen molar-refractivity contribution in [1.82, 2.24) is 4.90 Å². The number of nitrogens with two attached hydrogens (primary N) is 1. The van der Waals surface area contributed by atoms with Crippen LogP contribution in [0.4, 0.5) is 11.4 Å². The van der Waals surface area contributed by atoms with E-state index in [2.05, 4.69) is 46.2 Å². The Morgan fingerprint density at radius 3 is 2.41 bits per heavy atom. The summed E-state index contributed by atoms with van der Waals surface area (Å²) in [5.74, 6) is 0. The maximum Gasteiger partial charge on any atom is 0.0604 e. The second kappa shape index (κ2) is 6.59. The summed E-state index contributed by atoms with van der Waals surface area (Å²) in [7, 11) is 0. The van der Waals surface area contributed by atoms with Gasteiger partial charge in [-0.2, -0.15) is 0 Å². The second-order valence-corrected chi connectivity index (χ2v) is 6.32. The van der Waals surface area contributed by atoms with Crippen LogP contribution in [0, 0.1) is 6.92 Å². The van der Waals surface area contributed by atoms with Crippen LogP contribution in [0.3, 0.4) is 0 Å². The third kappa shape index (κ3) is 3.37. The Bertz CT molecular complexity index is 634. The number of rotatable bonds is 3. The van der Waals surface area contributed by atoms with Crippen molar-refractivity contribution < 1.29 is 0 Å². The Hall–Kier alpha value is -1.71. The molecule has 3 rings (SSSR count). The molecule has 1 aliphatic heterocycles. The smallest absolute Gasteiger partial charge is 0.0604 e. The van der Waals surface area contributed by atoms with Gasteiger partial charge in [-0.05, 0) is 30.2 Å². The molecule has 0 radical (unpaired) electrons. The van der Waals surface area contributed by atoms with Crippen molar-refractivity contribution in [3.05, 3.63) is 58.6 Å². The third-order valence-corrected chi connectivity index (χ3v) is 4.68. The first-order chi connectivity index (χ1) is 10.6. The molecule has 0 aliphatic carbocycles. The van der Waals surface area contributed by atoms with Gasteiger partial charge in [-0.25, -0.2) is 0 Å². The van der Waals surface area contributed by atoms with Crippen LogP contribution in [0.25, 0.3) is 0 Å². The molecular formula is C18H22ClN3. The summed E-state index contributed by atoms with van der Waals surface area (Å²) < 4.78 is 0. The van der Waals surface area contributed by atoms with E-state index in [0.29, 0.717) is 0 Å². The van der Waals surface area contributed by atoms with Crippen LogP contribution in [0.1, 0.15) is 11.1 Å². The number of nitrogens with zero attached hydrogens (tertiary/aromatic N) is 2. The zero-order chi connectivity index (χ0) is 15.5. The molecule has 0 saturated carbocycles. The average molecular weight is 316 g/mol. The van der Waals surface area contributed by atoms with Crippen LogP contribution in [0.2, 0.25) is 5.02 Å². The van der Waals surface area contributed by atoms with Crippen LogP contribution in [-0.4, -0.2) is 31.1 Å². The normalized spacial score (nSPS) is 16.0. The molecule has 2 aromatic rings. The fourth-order valence-corrected chi connectivity index (χ4v) is 3.12. The van der Waals surface area contributed by atoms with Gasteiger partial charge in [0.2, 0.25) is 0 Å². The number of hydrogen-bond donors (Lipinski definition) is 1. The zero-order valence-electron chi connectivity index (χ0n) is 12.9. The summed E-state index contributed by atoms with van der Waals surface area (Å²) in [5, 5.41) is 0.740. The van der Waals surface area contributed by atoms with Gasteiger partial charge in [0, 0.05) is 37.7 Å². The van der Waals surface area contributed by atoms with Crippen molar-refractivity contribution in [2.24, 2.45) is 0 Å². The number of anilines is 2. The molecule has 3 nitrogen and oxygen atoms in total. The molecule has 0 spiro atoms. The first kappa shape index (κ1) is 15.2. The SMILES string of the molecule is Cc1cc(N2CCN(Cc3ccccc3)CC2)c(N)cc1Cl. The first-order valence-corrected chi connectivity index (χ1v) is 8.08. The lowest BCUT2D eigenvalue weighted by Gasteiger charge is -2.36. The molecule has 1 heterocycles. The Balaban J connectivity index is 1.63. The molecule has 2 N–H and O–H groups in total. The van der Waals surface area contributed by atoms with Gasteiger partial charge in [0.25, 0.3) is 0 Å². The van der Waals surface area contributed by atoms with E-state index in [1.807, 2.05) is 13.0 Å². The standard InChI is InChI=1S/C18H22ClN3/c1-14-11-18(17(20)12-16(14)19)22-9-7-21(8-10-22)13-15-5-3-2-4-6-15/h2-6,11-12H,7-10,13,20H2,1H3. The lowest BCUT2D eigenvalue weighted by molar-refractivity contribution is 0.250. The fourth-order valence-electron chi connectivity index (χ4n) is 2.94. The van der Waals surface area contributed by atoms with Gasteiger partial charge in [-0.3, -0.25) is 4.90 Å². The van der Waals surface area contributed by atoms with E-state index in [1.165, 1.54) is 5.56 Å². The first-order valence-electron chi connectivity index (χ1n) is 7.70. The highest BCUT2D eigenvalue weighted by molar-refractivity contribution is 6.31. The highest BCUT2D eigenvalue weighted by Crippen LogP contribution is 2.30. The summed E-state index contributed by atoms with van der Waals surface area (Å²) in [6.45, 7) is 7.14. The summed E-state index contributed by atoms with van der Waals surface area (Å²) >= 11 is 6.13. The van der Waals surface area contributed by atoms with Crippen molar-refractivity contribution >= 4 is 23.0 Å². The third-order valence-electron chi connectivity index (χ3n) is 4.27. The predicted octanol–water partition coefficient (Wildman–Crippen LogP) is 3.55. The number of piperazine rings is 1. The molecule has 0 amide bonds. The van der Waals surface area contributed by atoms with Gasteiger partial charge in [0.05, 0.1) is 11.4 Å². The number of aryl methyl sites for hydroxylation is 1. The van der Waals surface area contributed by atoms with Gasteiger partial charge < -0.3 is 10.6 Å². The van der Waals surface area contributed by atoms with E-state index in [1.54, 1.807) is 0 Å². The van der Waals surface area contributed by atoms with Crippen molar-refractivity contribution in [2.75, 3.05) is 36.8 Å². The minimum absolute atomic E-state index is 0.740. The fraction of sp³-hybridized carbons (Fsp3) is 0.333. The van der Waals surface area contributed by atoms with E-state index in [0.717, 1.165) is 54.7 Å². The predicted molar refractivity (Wildman–Crippen MR) is 94.5 cm³/mol. The largest absolute Gasteiger partial charge is 0.397 e. The average Bonchev–Trinajstić information content (AvgIpc) is 2.53. The Labute approximate surface area is 137 Å². The Morgan fingerprint density at radius 1 is 1.05 bits per heavy atom. The van der Waals surface area contributed by atoms with E-state index in [-0.39, 0.29) is 0 Å². The van der Waals surface area contributed by atoms with Crippen molar-refractivity contribution in [3.8, 4) is 0 Å². The maximum atomic E-state index is 6.14. The van der Waals surface area contributed by atoms with Crippen LogP contribution < -0.4 is 10.6 Å². The number of hydrogen-bond acceptors (Lipinski definition) is 3. The van der Waals surface area contributed by atoms with E-state index < -0.39 is 0 Å². The van der Waals surface area contributed by atoms with E-state index >= 15 is 0 Å². The van der Waals surface area contributed by atoms with Crippen molar-refractivity contribution in [1.29, 1.82) is 0 Å². The maximum absolute atomic E-state index is 6.14. The molecule has 116 valence electrons. The van der Waals surface area contributed by atoms with E-state index in [4.69, 9.17) is 17.3 Å². The number of nitrogen functional groups attached to an aromatic ring is 1. The molecule has 0 aromatic heterocycles. The topological polar surface area (TPSA) is 32.5 Å². The minimum Gasteiger partial charge on any atom is -0.397 e. The molecule has 4 heteroatoms. The van der Waals surface area contributed by atoms with Gasteiger partial charge in [0.15, 0.2) is 0 Å². The zero-order valence-corrected chi connectivity index (χ0v) is 13.7. The van der Waals surface area contributed by atoms with Crippen molar-refractivity contribution in [2.45, 2.75) is 13.5 Å². The van der Waals surface area contributed by atoms with Crippen molar-refractivity contribution in [3.63, 3.8) is 0 Å². The van der Waals surface area contributed by atoms with Crippen LogP contribution in [0.5, 0.6) is 0 Å². The van der Waals surface area contributed by atoms with Crippen LogP contribution >= 0.6 is 11.6 Å². The highest BCUT2D eigenvalue weighted by atomic mass is 35.5. The van der Waals surface area contributed by atoms with Gasteiger partial charge in [-0.15, -0.1) is 0 Å². The molecule has 0 atom stereocenters. The van der Waals surface area contributed by atoms with E-state index in [9.17, 15) is 0 Å². The summed E-state index contributed by atoms with van der Waals surface area (Å²) in [6, 6.07) is 14.6. The minimum atomic E-state index is 0.740. The molecule has 1 aliphatic rings. The number of halogens is 1. The lowest BCUT2D eigenvalue weighted by atomic mass is 10.1. The van der Waals surface area contributed by atoms with Gasteiger partial charge >= 0.3 is 0 Å². The summed E-state index contributed by atoms with van der Waals surface area (Å²) in [5.41, 5.74) is 10.5. The van der Waals surface area contributed by atoms with Gasteiger partial charge in [-0.1, -0.05) is 41.9 Å². The summed E-state index contributed by atoms with van der Waals surface area (Å²) in [6.07, 6.45) is 0. The molecular weight excluding hydrogens is 294 g/mol. The molecule has 1 fully saturated rings. The van der Waals surface area contributed by atoms with Gasteiger partial charge in [0.1, 0.15) is 0 Å². The van der Waals surface area contributed by atoms with Crippen LogP contribution in [0.15, 0.2) is 42.5 Å². The quantitative estimate of drug-likeness (QED) is 0.879. The lowest BCUT2D eigenvalue weighted by Crippen LogP contribution is -2.46. The molecule has 0 bridgehead atoms. The van der Waals surface area contributed by atoms with Crippen LogP contribution in [-0.2, 0) is 6.54 Å². The monoisotopic (exact) mass is 315 g/mol. The highest BCUT2D eigenvalue weighted by Gasteiger charge is 2.19. The molecule has 22 heavy (non-hydrogen) atoms. The second-order valence-electron chi connectivity index (χ2n) is 5.91. The molecule has 0 unspecified atom stereocenters. The number of benzene rings is 2. The molecule has 2 aromatic carbocycles. The molecule has 1 saturated heterocycles. The Kier molecular flexibility index (Phi) is 4.55. The Morgan fingerprint density at radius 2 is 1.73 bits per heavy atom. The summed E-state index contributed by atoms with van der Waals surface area (Å²) in [4.78, 5) is 4.85.